The second-order valence-electron chi connectivity index (χ2n) is 4.90. The van der Waals surface area contributed by atoms with Gasteiger partial charge in [-0.2, -0.15) is 0 Å². The monoisotopic (exact) mass is 304 g/mol. The third kappa shape index (κ3) is 6.76. The van der Waals surface area contributed by atoms with Gasteiger partial charge >= 0.3 is 0 Å². The summed E-state index contributed by atoms with van der Waals surface area (Å²) >= 11 is 0. The van der Waals surface area contributed by atoms with Crippen LogP contribution in [-0.2, 0) is 4.84 Å². The van der Waals surface area contributed by atoms with E-state index in [-0.39, 0.29) is 0 Å². The lowest BCUT2D eigenvalue weighted by Gasteiger charge is -2.16. The van der Waals surface area contributed by atoms with Gasteiger partial charge in [0.25, 0.3) is 0 Å². The van der Waals surface area contributed by atoms with Gasteiger partial charge in [-0.1, -0.05) is 44.1 Å². The molecule has 4 heteroatoms. The van der Waals surface area contributed by atoms with Gasteiger partial charge < -0.3 is 14.5 Å². The first-order valence-electron chi connectivity index (χ1n) is 7.96. The van der Waals surface area contributed by atoms with E-state index < -0.39 is 0 Å². The first-order chi connectivity index (χ1) is 10.7. The summed E-state index contributed by atoms with van der Waals surface area (Å²) in [6, 6.07) is 7.93. The third-order valence-electron chi connectivity index (χ3n) is 3.52. The molecule has 1 aromatic carbocycles. The number of allylic oxidation sites excluding steroid dienone is 1. The first kappa shape index (κ1) is 18.2. The summed E-state index contributed by atoms with van der Waals surface area (Å²) in [5.41, 5.74) is 2.06. The predicted octanol–water partition coefficient (Wildman–Crippen LogP) is 3.83. The van der Waals surface area contributed by atoms with E-state index in [1.807, 2.05) is 36.4 Å². The number of methoxy groups -OCH3 is 1. The van der Waals surface area contributed by atoms with E-state index in [2.05, 4.69) is 30.8 Å². The van der Waals surface area contributed by atoms with Crippen LogP contribution in [0.2, 0.25) is 0 Å². The molecule has 1 rings (SSSR count). The second kappa shape index (κ2) is 10.9. The van der Waals surface area contributed by atoms with Crippen molar-refractivity contribution in [2.24, 2.45) is 5.16 Å². The van der Waals surface area contributed by atoms with Gasteiger partial charge in [-0.3, -0.25) is 0 Å². The number of oxime groups is 1. The molecule has 0 aliphatic rings. The van der Waals surface area contributed by atoms with Crippen molar-refractivity contribution in [3.8, 4) is 5.75 Å². The molecule has 0 aliphatic carbocycles. The highest BCUT2D eigenvalue weighted by Gasteiger charge is 1.98. The van der Waals surface area contributed by atoms with Gasteiger partial charge in [-0.15, -0.1) is 0 Å². The van der Waals surface area contributed by atoms with E-state index >= 15 is 0 Å². The van der Waals surface area contributed by atoms with E-state index in [9.17, 15) is 0 Å². The fourth-order valence-electron chi connectivity index (χ4n) is 1.96. The Morgan fingerprint density at radius 3 is 2.36 bits per heavy atom. The predicted molar refractivity (Wildman–Crippen MR) is 93.5 cm³/mol. The molecule has 0 saturated heterocycles. The molecule has 122 valence electrons. The van der Waals surface area contributed by atoms with Crippen LogP contribution in [0.3, 0.4) is 0 Å². The Kier molecular flexibility index (Phi) is 9.00. The van der Waals surface area contributed by atoms with Gasteiger partial charge in [0.05, 0.1) is 12.8 Å². The van der Waals surface area contributed by atoms with Crippen LogP contribution in [0.1, 0.15) is 32.8 Å². The van der Waals surface area contributed by atoms with Crippen LogP contribution in [-0.4, -0.2) is 44.0 Å². The van der Waals surface area contributed by atoms with E-state index in [0.29, 0.717) is 6.61 Å². The smallest absolute Gasteiger partial charge is 0.129 e. The molecule has 0 aromatic heterocycles. The zero-order chi connectivity index (χ0) is 16.2. The second-order valence-corrected chi connectivity index (χ2v) is 4.90. The van der Waals surface area contributed by atoms with Crippen molar-refractivity contribution in [3.63, 3.8) is 0 Å². The van der Waals surface area contributed by atoms with Crippen LogP contribution in [0.15, 0.2) is 35.5 Å². The molecule has 0 spiro atoms. The highest BCUT2D eigenvalue weighted by atomic mass is 16.6. The topological polar surface area (TPSA) is 34.1 Å². The molecule has 0 fully saturated rings. The van der Waals surface area contributed by atoms with Crippen molar-refractivity contribution in [2.75, 3.05) is 33.4 Å². The molecular formula is C18H28N2O2. The van der Waals surface area contributed by atoms with Gasteiger partial charge in [-0.25, -0.2) is 0 Å². The van der Waals surface area contributed by atoms with Crippen LogP contribution in [0, 0.1) is 0 Å². The summed E-state index contributed by atoms with van der Waals surface area (Å²) in [7, 11) is 1.67. The normalized spacial score (nSPS) is 12.1. The first-order valence-corrected chi connectivity index (χ1v) is 7.96. The van der Waals surface area contributed by atoms with Gasteiger partial charge in [0.1, 0.15) is 12.4 Å². The minimum Gasteiger partial charge on any atom is -0.497 e. The highest BCUT2D eigenvalue weighted by Crippen LogP contribution is 2.12. The van der Waals surface area contributed by atoms with E-state index in [1.54, 1.807) is 7.11 Å². The average Bonchev–Trinajstić information content (AvgIpc) is 2.58. The Balaban J connectivity index is 2.48. The van der Waals surface area contributed by atoms with Crippen LogP contribution in [0.4, 0.5) is 0 Å². The fraction of sp³-hybridized carbons (Fsp3) is 0.500. The van der Waals surface area contributed by atoms with Crippen molar-refractivity contribution in [2.45, 2.75) is 27.2 Å². The number of ether oxygens (including phenoxy) is 1. The van der Waals surface area contributed by atoms with Crippen molar-refractivity contribution in [1.82, 2.24) is 4.90 Å². The van der Waals surface area contributed by atoms with Crippen molar-refractivity contribution >= 4 is 11.8 Å². The molecule has 0 unspecified atom stereocenters. The fourth-order valence-corrected chi connectivity index (χ4v) is 1.96. The summed E-state index contributed by atoms with van der Waals surface area (Å²) < 4.78 is 5.15. The number of hydrogen-bond donors (Lipinski definition) is 0. The standard InChI is InChI=1S/C18H28N2O2/c1-5-17(19-22-15-14-20(6-2)7-3)11-8-16-9-12-18(21-4)13-10-16/h8-13H,5-7,14-15H2,1-4H3/b11-8+,19-17+. The van der Waals surface area contributed by atoms with E-state index in [4.69, 9.17) is 9.57 Å². The minimum absolute atomic E-state index is 0.627. The lowest BCUT2D eigenvalue weighted by molar-refractivity contribution is 0.114. The molecule has 0 bridgehead atoms. The molecule has 0 radical (unpaired) electrons. The Bertz CT molecular complexity index is 462. The van der Waals surface area contributed by atoms with Crippen molar-refractivity contribution in [1.29, 1.82) is 0 Å². The van der Waals surface area contributed by atoms with Crippen molar-refractivity contribution < 1.29 is 9.57 Å². The zero-order valence-corrected chi connectivity index (χ0v) is 14.2. The molecule has 0 amide bonds. The lowest BCUT2D eigenvalue weighted by atomic mass is 10.1. The molecule has 0 N–H and O–H groups in total. The summed E-state index contributed by atoms with van der Waals surface area (Å²) in [5, 5.41) is 4.21. The van der Waals surface area contributed by atoms with Gasteiger partial charge in [0.15, 0.2) is 0 Å². The number of benzene rings is 1. The van der Waals surface area contributed by atoms with Gasteiger partial charge in [-0.05, 0) is 43.3 Å². The maximum atomic E-state index is 5.42. The molecule has 0 heterocycles. The maximum Gasteiger partial charge on any atom is 0.129 e. The van der Waals surface area contributed by atoms with Crippen LogP contribution in [0.5, 0.6) is 5.75 Å². The Morgan fingerprint density at radius 1 is 1.14 bits per heavy atom. The maximum absolute atomic E-state index is 5.42. The quantitative estimate of drug-likeness (QED) is 0.374. The van der Waals surface area contributed by atoms with Crippen LogP contribution in [0.25, 0.3) is 6.08 Å². The summed E-state index contributed by atoms with van der Waals surface area (Å²) in [5.74, 6) is 0.862. The van der Waals surface area contributed by atoms with E-state index in [0.717, 1.165) is 43.1 Å². The van der Waals surface area contributed by atoms with Gasteiger partial charge in [0, 0.05) is 6.54 Å². The third-order valence-corrected chi connectivity index (χ3v) is 3.52. The number of rotatable bonds is 10. The molecule has 22 heavy (non-hydrogen) atoms. The molecule has 0 aliphatic heterocycles. The van der Waals surface area contributed by atoms with Crippen molar-refractivity contribution in [3.05, 3.63) is 35.9 Å². The molecule has 0 saturated carbocycles. The number of hydrogen-bond acceptors (Lipinski definition) is 4. The van der Waals surface area contributed by atoms with Gasteiger partial charge in [0.2, 0.25) is 0 Å². The Morgan fingerprint density at radius 2 is 1.82 bits per heavy atom. The molecule has 1 aromatic rings. The lowest BCUT2D eigenvalue weighted by Crippen LogP contribution is -2.26. The summed E-state index contributed by atoms with van der Waals surface area (Å²) in [4.78, 5) is 7.73. The SMILES string of the molecule is CCC(/C=C/c1ccc(OC)cc1)=N\OCCN(CC)CC. The zero-order valence-electron chi connectivity index (χ0n) is 14.2. The number of nitrogens with zero attached hydrogens (tertiary/aromatic N) is 2. The number of likely N-dealkylation sites (N-methyl/N-ethyl adjacent to an activating group) is 1. The largest absolute Gasteiger partial charge is 0.497 e. The summed E-state index contributed by atoms with van der Waals surface area (Å²) in [6.45, 7) is 10.0. The molecule has 4 nitrogen and oxygen atoms in total. The summed E-state index contributed by atoms with van der Waals surface area (Å²) in [6.07, 6.45) is 4.88. The van der Waals surface area contributed by atoms with Crippen LogP contribution < -0.4 is 4.74 Å². The molecular weight excluding hydrogens is 276 g/mol. The van der Waals surface area contributed by atoms with E-state index in [1.165, 1.54) is 0 Å². The average molecular weight is 304 g/mol. The van der Waals surface area contributed by atoms with Crippen LogP contribution >= 0.6 is 0 Å². The highest BCUT2D eigenvalue weighted by molar-refractivity contribution is 5.97. The Labute approximate surface area is 134 Å². The Hall–Kier alpha value is -1.81. The minimum atomic E-state index is 0.627. The molecule has 0 atom stereocenters.